The third kappa shape index (κ3) is 3.61. The number of aromatic nitrogens is 4. The SMILES string of the molecule is COCCN1N=C(C)[C@@H](C)n2c1nc1c2c(=O)n(C/C=C/c2ccccc2)c(=O)n1C. The number of benzene rings is 1. The monoisotopic (exact) mass is 422 g/mol. The summed E-state index contributed by atoms with van der Waals surface area (Å²) in [5.74, 6) is 0.537. The molecule has 2 aromatic heterocycles. The Hall–Kier alpha value is -3.46. The molecule has 9 heteroatoms. The first kappa shape index (κ1) is 20.8. The highest BCUT2D eigenvalue weighted by atomic mass is 16.5. The Morgan fingerprint density at radius 3 is 2.65 bits per heavy atom. The summed E-state index contributed by atoms with van der Waals surface area (Å²) in [6.45, 7) is 5.02. The molecule has 0 unspecified atom stereocenters. The van der Waals surface area contributed by atoms with Gasteiger partial charge in [-0.25, -0.2) is 9.80 Å². The lowest BCUT2D eigenvalue weighted by molar-refractivity contribution is 0.204. The van der Waals surface area contributed by atoms with Crippen molar-refractivity contribution < 1.29 is 4.74 Å². The second-order valence-corrected chi connectivity index (χ2v) is 7.56. The van der Waals surface area contributed by atoms with Gasteiger partial charge in [-0.3, -0.25) is 18.5 Å². The summed E-state index contributed by atoms with van der Waals surface area (Å²) in [5.41, 5.74) is 1.85. The molecule has 1 aliphatic heterocycles. The number of hydrogen-bond donors (Lipinski definition) is 0. The molecule has 1 aliphatic rings. The van der Waals surface area contributed by atoms with Gasteiger partial charge in [-0.15, -0.1) is 0 Å². The number of methoxy groups -OCH3 is 1. The lowest BCUT2D eigenvalue weighted by Gasteiger charge is -2.28. The Morgan fingerprint density at radius 1 is 1.19 bits per heavy atom. The highest BCUT2D eigenvalue weighted by molar-refractivity contribution is 5.91. The predicted molar refractivity (Wildman–Crippen MR) is 122 cm³/mol. The van der Waals surface area contributed by atoms with E-state index in [0.29, 0.717) is 30.3 Å². The van der Waals surface area contributed by atoms with Gasteiger partial charge in [-0.1, -0.05) is 42.5 Å². The van der Waals surface area contributed by atoms with E-state index in [1.54, 1.807) is 19.2 Å². The van der Waals surface area contributed by atoms with E-state index in [9.17, 15) is 9.59 Å². The maximum Gasteiger partial charge on any atom is 0.332 e. The molecular weight excluding hydrogens is 396 g/mol. The van der Waals surface area contributed by atoms with Gasteiger partial charge < -0.3 is 4.74 Å². The molecule has 1 atom stereocenters. The van der Waals surface area contributed by atoms with Gasteiger partial charge >= 0.3 is 5.69 Å². The second-order valence-electron chi connectivity index (χ2n) is 7.56. The van der Waals surface area contributed by atoms with Crippen LogP contribution in [-0.2, 0) is 18.3 Å². The first-order valence-corrected chi connectivity index (χ1v) is 10.2. The summed E-state index contributed by atoms with van der Waals surface area (Å²) >= 11 is 0. The van der Waals surface area contributed by atoms with Gasteiger partial charge in [0.05, 0.1) is 24.9 Å². The van der Waals surface area contributed by atoms with Gasteiger partial charge in [0.1, 0.15) is 0 Å². The molecule has 0 radical (unpaired) electrons. The van der Waals surface area contributed by atoms with E-state index in [4.69, 9.17) is 4.74 Å². The minimum atomic E-state index is -0.403. The number of anilines is 1. The fourth-order valence-corrected chi connectivity index (χ4v) is 3.73. The molecule has 9 nitrogen and oxygen atoms in total. The zero-order chi connectivity index (χ0) is 22.1. The predicted octanol–water partition coefficient (Wildman–Crippen LogP) is 2.01. The van der Waals surface area contributed by atoms with Gasteiger partial charge in [-0.2, -0.15) is 10.1 Å². The molecular formula is C22H26N6O3. The maximum atomic E-state index is 13.4. The van der Waals surface area contributed by atoms with Crippen LogP contribution in [0.25, 0.3) is 17.2 Å². The zero-order valence-electron chi connectivity index (χ0n) is 18.1. The van der Waals surface area contributed by atoms with Crippen molar-refractivity contribution >= 4 is 28.9 Å². The summed E-state index contributed by atoms with van der Waals surface area (Å²) in [5, 5.41) is 6.33. The zero-order valence-corrected chi connectivity index (χ0v) is 18.1. The Kier molecular flexibility index (Phi) is 5.60. The van der Waals surface area contributed by atoms with Gasteiger partial charge in [0.25, 0.3) is 5.56 Å². The third-order valence-corrected chi connectivity index (χ3v) is 5.56. The number of imidazole rings is 1. The smallest absolute Gasteiger partial charge is 0.332 e. The molecule has 0 N–H and O–H groups in total. The van der Waals surface area contributed by atoms with Crippen molar-refractivity contribution in [3.05, 3.63) is 62.8 Å². The normalized spacial score (nSPS) is 16.2. The van der Waals surface area contributed by atoms with E-state index >= 15 is 0 Å². The van der Waals surface area contributed by atoms with Crippen molar-refractivity contribution in [1.29, 1.82) is 0 Å². The summed E-state index contributed by atoms with van der Waals surface area (Å²) in [6.07, 6.45) is 3.71. The number of ether oxygens (including phenoxy) is 1. The van der Waals surface area contributed by atoms with Crippen LogP contribution in [0.2, 0.25) is 0 Å². The number of hydrogen-bond acceptors (Lipinski definition) is 6. The number of hydrazone groups is 1. The molecule has 0 saturated heterocycles. The van der Waals surface area contributed by atoms with E-state index in [2.05, 4.69) is 10.1 Å². The number of fused-ring (bicyclic) bond motifs is 3. The maximum absolute atomic E-state index is 13.4. The highest BCUT2D eigenvalue weighted by Crippen LogP contribution is 2.29. The van der Waals surface area contributed by atoms with Crippen LogP contribution in [0.4, 0.5) is 5.95 Å². The van der Waals surface area contributed by atoms with Crippen LogP contribution in [0.1, 0.15) is 25.5 Å². The average Bonchev–Trinajstić information content (AvgIpc) is 3.18. The van der Waals surface area contributed by atoms with Crippen molar-refractivity contribution in [3.63, 3.8) is 0 Å². The Balaban J connectivity index is 1.84. The third-order valence-electron chi connectivity index (χ3n) is 5.56. The number of nitrogens with zero attached hydrogens (tertiary/aromatic N) is 6. The van der Waals surface area contributed by atoms with Gasteiger partial charge in [0, 0.05) is 20.7 Å². The largest absolute Gasteiger partial charge is 0.383 e. The van der Waals surface area contributed by atoms with Crippen LogP contribution >= 0.6 is 0 Å². The quantitative estimate of drug-likeness (QED) is 0.607. The van der Waals surface area contributed by atoms with Crippen LogP contribution in [0, 0.1) is 0 Å². The van der Waals surface area contributed by atoms with Crippen molar-refractivity contribution in [2.24, 2.45) is 12.1 Å². The van der Waals surface area contributed by atoms with Gasteiger partial charge in [0.15, 0.2) is 11.2 Å². The van der Waals surface area contributed by atoms with E-state index in [-0.39, 0.29) is 18.1 Å². The van der Waals surface area contributed by atoms with Crippen molar-refractivity contribution in [2.45, 2.75) is 26.4 Å². The Bertz CT molecular complexity index is 1280. The van der Waals surface area contributed by atoms with E-state index in [1.807, 2.05) is 60.9 Å². The average molecular weight is 422 g/mol. The molecule has 31 heavy (non-hydrogen) atoms. The standard InChI is InChI=1S/C22H26N6O3/c1-15-16(2)28-18-19(23-21(28)27(24-15)13-14-31-4)25(3)22(30)26(20(18)29)12-8-11-17-9-6-5-7-10-17/h5-11,16H,12-14H2,1-4H3/b11-8+/t16-/m1/s1. The van der Waals surface area contributed by atoms with Gasteiger partial charge in [-0.05, 0) is 19.4 Å². The molecule has 0 saturated carbocycles. The van der Waals surface area contributed by atoms with E-state index in [1.165, 1.54) is 9.13 Å². The molecule has 0 amide bonds. The lowest BCUT2D eigenvalue weighted by Crippen LogP contribution is -2.40. The Morgan fingerprint density at radius 2 is 1.94 bits per heavy atom. The second kappa shape index (κ2) is 8.35. The number of aryl methyl sites for hydroxylation is 1. The molecule has 0 fully saturated rings. The van der Waals surface area contributed by atoms with Crippen LogP contribution in [0.5, 0.6) is 0 Å². The first-order valence-electron chi connectivity index (χ1n) is 10.2. The Labute approximate surface area is 179 Å². The van der Waals surface area contributed by atoms with E-state index in [0.717, 1.165) is 11.3 Å². The molecule has 1 aromatic carbocycles. The van der Waals surface area contributed by atoms with Crippen LogP contribution in [0.3, 0.4) is 0 Å². The van der Waals surface area contributed by atoms with Gasteiger partial charge in [0.2, 0.25) is 5.95 Å². The molecule has 0 bridgehead atoms. The minimum Gasteiger partial charge on any atom is -0.383 e. The summed E-state index contributed by atoms with van der Waals surface area (Å²) in [7, 11) is 3.26. The van der Waals surface area contributed by atoms with Crippen LogP contribution in [0.15, 0.2) is 51.1 Å². The highest BCUT2D eigenvalue weighted by Gasteiger charge is 2.30. The summed E-state index contributed by atoms with van der Waals surface area (Å²) < 4.78 is 9.72. The molecule has 0 aliphatic carbocycles. The molecule has 162 valence electrons. The first-order chi connectivity index (χ1) is 14.9. The van der Waals surface area contributed by atoms with Crippen molar-refractivity contribution in [2.75, 3.05) is 25.3 Å². The van der Waals surface area contributed by atoms with Crippen LogP contribution < -0.4 is 16.3 Å². The minimum absolute atomic E-state index is 0.155. The van der Waals surface area contributed by atoms with E-state index < -0.39 is 5.69 Å². The molecule has 4 rings (SSSR count). The summed E-state index contributed by atoms with van der Waals surface area (Å²) in [4.78, 5) is 31.0. The fraction of sp³-hybridized carbons (Fsp3) is 0.364. The topological polar surface area (TPSA) is 86.7 Å². The lowest BCUT2D eigenvalue weighted by atomic mass is 10.2. The fourth-order valence-electron chi connectivity index (χ4n) is 3.73. The van der Waals surface area contributed by atoms with Crippen molar-refractivity contribution in [1.82, 2.24) is 18.7 Å². The van der Waals surface area contributed by atoms with Crippen LogP contribution in [-0.4, -0.2) is 44.7 Å². The van der Waals surface area contributed by atoms with Crippen molar-refractivity contribution in [3.8, 4) is 0 Å². The molecule has 3 aromatic rings. The number of allylic oxidation sites excluding steroid dienone is 1. The molecule has 0 spiro atoms. The molecule has 3 heterocycles. The number of rotatable bonds is 6. The summed E-state index contributed by atoms with van der Waals surface area (Å²) in [6, 6.07) is 9.60.